The van der Waals surface area contributed by atoms with Crippen LogP contribution in [0.25, 0.3) is 22.4 Å². The number of carboxylic acids is 1. The summed E-state index contributed by atoms with van der Waals surface area (Å²) in [5.74, 6) is 1.05. The third kappa shape index (κ3) is 4.11. The van der Waals surface area contributed by atoms with E-state index >= 15 is 0 Å². The van der Waals surface area contributed by atoms with Gasteiger partial charge in [0.15, 0.2) is 0 Å². The van der Waals surface area contributed by atoms with Gasteiger partial charge in [0, 0.05) is 17.4 Å². The molecule has 0 aliphatic carbocycles. The minimum absolute atomic E-state index is 0.0251. The van der Waals surface area contributed by atoms with Gasteiger partial charge in [-0.2, -0.15) is 0 Å². The van der Waals surface area contributed by atoms with E-state index in [9.17, 15) is 4.79 Å². The zero-order chi connectivity index (χ0) is 20.4. The first kappa shape index (κ1) is 18.7. The fourth-order valence-electron chi connectivity index (χ4n) is 3.06. The number of carboxylic acid groups (broad SMARTS) is 1. The highest BCUT2D eigenvalue weighted by Crippen LogP contribution is 2.23. The second-order valence-electron chi connectivity index (χ2n) is 6.84. The lowest BCUT2D eigenvalue weighted by Crippen LogP contribution is -2.03. The molecule has 0 saturated heterocycles. The number of hydrogen-bond donors (Lipinski definition) is 1. The molecule has 0 atom stereocenters. The number of carbonyl (C=O) groups is 1. The van der Waals surface area contributed by atoms with Crippen molar-refractivity contribution in [3.8, 4) is 17.2 Å². The number of oxazole rings is 1. The lowest BCUT2D eigenvalue weighted by atomic mass is 10.1. The average molecular weight is 388 g/mol. The molecule has 1 N–H and O–H groups in total. The van der Waals surface area contributed by atoms with Gasteiger partial charge in [-0.25, -0.2) is 14.8 Å². The summed E-state index contributed by atoms with van der Waals surface area (Å²) in [6.45, 7) is 4.40. The van der Waals surface area contributed by atoms with Gasteiger partial charge in [0.1, 0.15) is 17.2 Å². The molecule has 0 fully saturated rings. The van der Waals surface area contributed by atoms with E-state index in [4.69, 9.17) is 14.3 Å². The van der Waals surface area contributed by atoms with Crippen LogP contribution in [0.2, 0.25) is 0 Å². The fourth-order valence-corrected chi connectivity index (χ4v) is 3.06. The minimum atomic E-state index is -1.04. The summed E-state index contributed by atoms with van der Waals surface area (Å²) >= 11 is 0. The van der Waals surface area contributed by atoms with E-state index in [1.54, 1.807) is 18.2 Å². The van der Waals surface area contributed by atoms with Gasteiger partial charge < -0.3 is 14.3 Å². The van der Waals surface area contributed by atoms with Crippen molar-refractivity contribution < 1.29 is 19.1 Å². The summed E-state index contributed by atoms with van der Waals surface area (Å²) < 4.78 is 11.7. The molecular formula is C23H20N2O4. The number of pyridine rings is 1. The molecule has 0 unspecified atom stereocenters. The summed E-state index contributed by atoms with van der Waals surface area (Å²) in [7, 11) is 0. The topological polar surface area (TPSA) is 85.5 Å². The van der Waals surface area contributed by atoms with Gasteiger partial charge in [-0.15, -0.1) is 0 Å². The van der Waals surface area contributed by atoms with Crippen LogP contribution in [0.5, 0.6) is 5.75 Å². The Morgan fingerprint density at radius 1 is 1.03 bits per heavy atom. The van der Waals surface area contributed by atoms with Crippen LogP contribution >= 0.6 is 0 Å². The van der Waals surface area contributed by atoms with Gasteiger partial charge in [-0.3, -0.25) is 0 Å². The van der Waals surface area contributed by atoms with Crippen LogP contribution in [0.4, 0.5) is 0 Å². The Morgan fingerprint density at radius 3 is 2.59 bits per heavy atom. The van der Waals surface area contributed by atoms with Gasteiger partial charge >= 0.3 is 5.97 Å². The van der Waals surface area contributed by atoms with Crippen molar-refractivity contribution in [2.75, 3.05) is 6.61 Å². The standard InChI is InChI=1S/C23H20N2O4/c1-14-3-5-16(6-4-14)22-25-19(15(2)29-22)11-12-28-18-8-10-20-17(13-18)7-9-21(24-20)23(26)27/h3-10,13H,11-12H2,1-2H3,(H,26,27). The van der Waals surface area contributed by atoms with Crippen LogP contribution in [0, 0.1) is 13.8 Å². The first-order chi connectivity index (χ1) is 14.0. The summed E-state index contributed by atoms with van der Waals surface area (Å²) in [4.78, 5) is 19.7. The number of aryl methyl sites for hydroxylation is 2. The Kier molecular flexibility index (Phi) is 4.99. The quantitative estimate of drug-likeness (QED) is 0.509. The Hall–Kier alpha value is -3.67. The molecule has 2 aromatic heterocycles. The Balaban J connectivity index is 1.43. The number of nitrogens with zero attached hydrogens (tertiary/aromatic N) is 2. The molecule has 6 heteroatoms. The van der Waals surface area contributed by atoms with Gasteiger partial charge in [-0.05, 0) is 50.2 Å². The first-order valence-corrected chi connectivity index (χ1v) is 9.30. The fraction of sp³-hybridized carbons (Fsp3) is 0.174. The molecule has 6 nitrogen and oxygen atoms in total. The zero-order valence-corrected chi connectivity index (χ0v) is 16.2. The number of fused-ring (bicyclic) bond motifs is 1. The molecular weight excluding hydrogens is 368 g/mol. The largest absolute Gasteiger partial charge is 0.493 e. The molecule has 2 heterocycles. The highest BCUT2D eigenvalue weighted by Gasteiger charge is 2.12. The highest BCUT2D eigenvalue weighted by atomic mass is 16.5. The van der Waals surface area contributed by atoms with Crippen molar-refractivity contribution in [2.45, 2.75) is 20.3 Å². The van der Waals surface area contributed by atoms with Crippen molar-refractivity contribution in [3.05, 3.63) is 77.3 Å². The highest BCUT2D eigenvalue weighted by molar-refractivity contribution is 5.90. The smallest absolute Gasteiger partial charge is 0.354 e. The summed E-state index contributed by atoms with van der Waals surface area (Å²) in [5, 5.41) is 9.86. The second-order valence-corrected chi connectivity index (χ2v) is 6.84. The first-order valence-electron chi connectivity index (χ1n) is 9.30. The van der Waals surface area contributed by atoms with Crippen LogP contribution in [-0.4, -0.2) is 27.7 Å². The van der Waals surface area contributed by atoms with Crippen LogP contribution in [0.3, 0.4) is 0 Å². The van der Waals surface area contributed by atoms with E-state index in [-0.39, 0.29) is 5.69 Å². The SMILES string of the molecule is Cc1ccc(-c2nc(CCOc3ccc4nc(C(=O)O)ccc4c3)c(C)o2)cc1. The molecule has 0 saturated carbocycles. The molecule has 4 rings (SSSR count). The Bertz CT molecular complexity index is 1180. The summed E-state index contributed by atoms with van der Waals surface area (Å²) in [6.07, 6.45) is 0.620. The normalized spacial score (nSPS) is 11.0. The van der Waals surface area contributed by atoms with Gasteiger partial charge in [0.2, 0.25) is 5.89 Å². The molecule has 146 valence electrons. The number of aromatic nitrogens is 2. The maximum atomic E-state index is 11.0. The van der Waals surface area contributed by atoms with E-state index < -0.39 is 5.97 Å². The van der Waals surface area contributed by atoms with Gasteiger partial charge in [0.25, 0.3) is 0 Å². The number of aromatic carboxylic acids is 1. The van der Waals surface area contributed by atoms with Crippen molar-refractivity contribution in [3.63, 3.8) is 0 Å². The van der Waals surface area contributed by atoms with Crippen LogP contribution < -0.4 is 4.74 Å². The predicted octanol–water partition coefficient (Wildman–Crippen LogP) is 4.83. The average Bonchev–Trinajstić information content (AvgIpc) is 3.08. The van der Waals surface area contributed by atoms with E-state index in [1.165, 1.54) is 11.6 Å². The van der Waals surface area contributed by atoms with E-state index in [2.05, 4.69) is 9.97 Å². The number of rotatable bonds is 6. The summed E-state index contributed by atoms with van der Waals surface area (Å²) in [5.41, 5.74) is 3.66. The number of benzene rings is 2. The molecule has 2 aromatic carbocycles. The monoisotopic (exact) mass is 388 g/mol. The Labute approximate surface area is 167 Å². The molecule has 0 spiro atoms. The van der Waals surface area contributed by atoms with Crippen molar-refractivity contribution in [1.82, 2.24) is 9.97 Å². The predicted molar refractivity (Wildman–Crippen MR) is 109 cm³/mol. The summed E-state index contributed by atoms with van der Waals surface area (Å²) in [6, 6.07) is 16.7. The molecule has 0 aliphatic heterocycles. The minimum Gasteiger partial charge on any atom is -0.493 e. The third-order valence-electron chi connectivity index (χ3n) is 4.68. The maximum absolute atomic E-state index is 11.0. The van der Waals surface area contributed by atoms with Crippen LogP contribution in [0.15, 0.2) is 59.0 Å². The number of ether oxygens (including phenoxy) is 1. The van der Waals surface area contributed by atoms with E-state index in [0.29, 0.717) is 30.2 Å². The van der Waals surface area contributed by atoms with Crippen LogP contribution in [-0.2, 0) is 6.42 Å². The molecule has 4 aromatic rings. The number of hydrogen-bond acceptors (Lipinski definition) is 5. The molecule has 29 heavy (non-hydrogen) atoms. The van der Waals surface area contributed by atoms with Gasteiger partial charge in [0.05, 0.1) is 17.8 Å². The lowest BCUT2D eigenvalue weighted by Gasteiger charge is -2.07. The van der Waals surface area contributed by atoms with E-state index in [1.807, 2.05) is 44.2 Å². The van der Waals surface area contributed by atoms with Crippen molar-refractivity contribution in [2.24, 2.45) is 0 Å². The van der Waals surface area contributed by atoms with Crippen LogP contribution in [0.1, 0.15) is 27.5 Å². The zero-order valence-electron chi connectivity index (χ0n) is 16.2. The maximum Gasteiger partial charge on any atom is 0.354 e. The second kappa shape index (κ2) is 7.75. The molecule has 0 aliphatic rings. The molecule has 0 amide bonds. The molecule has 0 radical (unpaired) electrons. The van der Waals surface area contributed by atoms with Crippen molar-refractivity contribution >= 4 is 16.9 Å². The Morgan fingerprint density at radius 2 is 1.83 bits per heavy atom. The van der Waals surface area contributed by atoms with Gasteiger partial charge in [-0.1, -0.05) is 23.8 Å². The van der Waals surface area contributed by atoms with Crippen molar-refractivity contribution in [1.29, 1.82) is 0 Å². The van der Waals surface area contributed by atoms with E-state index in [0.717, 1.165) is 22.4 Å². The molecule has 0 bridgehead atoms. The third-order valence-corrected chi connectivity index (χ3v) is 4.68. The lowest BCUT2D eigenvalue weighted by molar-refractivity contribution is 0.0691.